The minimum atomic E-state index is 0.472. The molecule has 1 aliphatic heterocycles. The molecule has 120 valence electrons. The summed E-state index contributed by atoms with van der Waals surface area (Å²) >= 11 is 0. The number of nitrogens with zero attached hydrogens (tertiary/aromatic N) is 1. The fourth-order valence-electron chi connectivity index (χ4n) is 2.09. The lowest BCUT2D eigenvalue weighted by Crippen LogP contribution is -2.14. The highest BCUT2D eigenvalue weighted by Gasteiger charge is 2.12. The van der Waals surface area contributed by atoms with E-state index in [1.807, 2.05) is 0 Å². The van der Waals surface area contributed by atoms with Crippen LogP contribution >= 0.6 is 0 Å². The van der Waals surface area contributed by atoms with Crippen LogP contribution in [0.15, 0.2) is 0 Å². The molecule has 1 rings (SSSR count). The molecule has 0 saturated heterocycles. The molecule has 0 atom stereocenters. The molecule has 0 aromatic rings. The van der Waals surface area contributed by atoms with E-state index in [1.54, 1.807) is 0 Å². The van der Waals surface area contributed by atoms with Gasteiger partial charge in [-0.2, -0.15) is 0 Å². The van der Waals surface area contributed by atoms with Crippen LogP contribution in [0.1, 0.15) is 67.2 Å². The van der Waals surface area contributed by atoms with E-state index < -0.39 is 0 Å². The molecule has 0 unspecified atom stereocenters. The van der Waals surface area contributed by atoms with Gasteiger partial charge in [0.2, 0.25) is 6.34 Å². The molecule has 3 heteroatoms. The SMILES string of the molecule is CC(C)(C)CCCN.CC(C)(C)CCC[N+]1=CNCC1. The standard InChI is InChI=1S/C10H20N2.C7H17N/c1-10(2,3)5-4-7-12-8-6-11-9-12;1-7(2,3)5-4-6-8/h9H,4-8H2,1-3H3;4-6,8H2,1-3H3/p+1. The maximum absolute atomic E-state index is 5.34. The second kappa shape index (κ2) is 9.38. The Balaban J connectivity index is 0.000000396. The molecule has 0 fully saturated rings. The summed E-state index contributed by atoms with van der Waals surface area (Å²) in [7, 11) is 0. The molecule has 0 spiro atoms. The molecule has 0 bridgehead atoms. The lowest BCUT2D eigenvalue weighted by molar-refractivity contribution is -0.514. The molecule has 0 amide bonds. The maximum atomic E-state index is 5.34. The first kappa shape index (κ1) is 19.4. The highest BCUT2D eigenvalue weighted by atomic mass is 15.1. The summed E-state index contributed by atoms with van der Waals surface area (Å²) in [4.78, 5) is 0. The van der Waals surface area contributed by atoms with Crippen LogP contribution in [0.3, 0.4) is 0 Å². The van der Waals surface area contributed by atoms with Crippen LogP contribution in [0, 0.1) is 10.8 Å². The topological polar surface area (TPSA) is 41.1 Å². The Labute approximate surface area is 127 Å². The van der Waals surface area contributed by atoms with E-state index in [1.165, 1.54) is 32.4 Å². The molecule has 0 radical (unpaired) electrons. The van der Waals surface area contributed by atoms with Crippen LogP contribution in [0.4, 0.5) is 0 Å². The highest BCUT2D eigenvalue weighted by molar-refractivity contribution is 5.49. The van der Waals surface area contributed by atoms with Crippen molar-refractivity contribution in [3.63, 3.8) is 0 Å². The van der Waals surface area contributed by atoms with Gasteiger partial charge >= 0.3 is 0 Å². The van der Waals surface area contributed by atoms with Crippen molar-refractivity contribution in [2.75, 3.05) is 26.2 Å². The lowest BCUT2D eigenvalue weighted by Gasteiger charge is -2.16. The molecule has 20 heavy (non-hydrogen) atoms. The Kier molecular flexibility index (Phi) is 9.11. The van der Waals surface area contributed by atoms with E-state index in [0.717, 1.165) is 19.5 Å². The Morgan fingerprint density at radius 2 is 1.55 bits per heavy atom. The van der Waals surface area contributed by atoms with Gasteiger partial charge in [-0.3, -0.25) is 9.89 Å². The molecular weight excluding hydrogens is 246 g/mol. The van der Waals surface area contributed by atoms with Crippen LogP contribution < -0.4 is 11.1 Å². The monoisotopic (exact) mass is 284 g/mol. The predicted octanol–water partition coefficient (Wildman–Crippen LogP) is 3.23. The van der Waals surface area contributed by atoms with Gasteiger partial charge in [0.05, 0.1) is 6.54 Å². The molecule has 0 aliphatic carbocycles. The van der Waals surface area contributed by atoms with Crippen molar-refractivity contribution in [2.24, 2.45) is 16.6 Å². The van der Waals surface area contributed by atoms with Crippen molar-refractivity contribution in [1.29, 1.82) is 0 Å². The summed E-state index contributed by atoms with van der Waals surface area (Å²) < 4.78 is 2.37. The van der Waals surface area contributed by atoms with Crippen molar-refractivity contribution < 1.29 is 4.58 Å². The molecule has 3 nitrogen and oxygen atoms in total. The molecule has 0 aromatic heterocycles. The Morgan fingerprint density at radius 1 is 1.00 bits per heavy atom. The second-order valence-corrected chi connectivity index (χ2v) is 8.24. The molecule has 0 aromatic carbocycles. The quantitative estimate of drug-likeness (QED) is 0.761. The van der Waals surface area contributed by atoms with Crippen molar-refractivity contribution >= 4 is 6.34 Å². The third-order valence-electron chi connectivity index (χ3n) is 3.32. The number of hydrogen-bond donors (Lipinski definition) is 2. The zero-order valence-corrected chi connectivity index (χ0v) is 14.8. The molecule has 3 N–H and O–H groups in total. The number of nitrogens with one attached hydrogen (secondary N) is 1. The summed E-state index contributed by atoms with van der Waals surface area (Å²) in [6, 6.07) is 0. The van der Waals surface area contributed by atoms with E-state index in [2.05, 4.69) is 57.8 Å². The first-order valence-corrected chi connectivity index (χ1v) is 8.15. The fourth-order valence-corrected chi connectivity index (χ4v) is 2.09. The van der Waals surface area contributed by atoms with Gasteiger partial charge in [-0.25, -0.2) is 0 Å². The van der Waals surface area contributed by atoms with Crippen molar-refractivity contribution in [2.45, 2.75) is 67.2 Å². The Morgan fingerprint density at radius 3 is 1.90 bits per heavy atom. The highest BCUT2D eigenvalue weighted by Crippen LogP contribution is 2.20. The van der Waals surface area contributed by atoms with E-state index in [4.69, 9.17) is 5.73 Å². The predicted molar refractivity (Wildman–Crippen MR) is 90.5 cm³/mol. The second-order valence-electron chi connectivity index (χ2n) is 8.24. The average Bonchev–Trinajstić information content (AvgIpc) is 2.77. The normalized spacial score (nSPS) is 15.2. The summed E-state index contributed by atoms with van der Waals surface area (Å²) in [6.07, 6.45) is 7.13. The van der Waals surface area contributed by atoms with Gasteiger partial charge in [0, 0.05) is 0 Å². The van der Waals surface area contributed by atoms with Gasteiger partial charge in [0.15, 0.2) is 0 Å². The Hall–Kier alpha value is -0.570. The number of hydrogen-bond acceptors (Lipinski definition) is 2. The largest absolute Gasteiger partial charge is 0.330 e. The average molecular weight is 285 g/mol. The Bertz CT molecular complexity index is 269. The first-order chi connectivity index (χ1) is 9.14. The first-order valence-electron chi connectivity index (χ1n) is 8.15. The maximum Gasteiger partial charge on any atom is 0.232 e. The van der Waals surface area contributed by atoms with Crippen LogP contribution in [0.2, 0.25) is 0 Å². The van der Waals surface area contributed by atoms with Gasteiger partial charge in [0.25, 0.3) is 0 Å². The summed E-state index contributed by atoms with van der Waals surface area (Å²) in [5.41, 5.74) is 6.30. The van der Waals surface area contributed by atoms with E-state index in [0.29, 0.717) is 10.8 Å². The molecule has 0 saturated carbocycles. The lowest BCUT2D eigenvalue weighted by atomic mass is 9.91. The van der Waals surface area contributed by atoms with Crippen molar-refractivity contribution in [1.82, 2.24) is 5.32 Å². The summed E-state index contributed by atoms with van der Waals surface area (Å²) in [5, 5.41) is 3.22. The third kappa shape index (κ3) is 13.9. The fraction of sp³-hybridized carbons (Fsp3) is 0.941. The molecule has 1 aliphatic rings. The minimum absolute atomic E-state index is 0.472. The van der Waals surface area contributed by atoms with Gasteiger partial charge in [-0.05, 0) is 43.1 Å². The number of rotatable bonds is 5. The van der Waals surface area contributed by atoms with Crippen LogP contribution in [-0.4, -0.2) is 37.1 Å². The summed E-state index contributed by atoms with van der Waals surface area (Å²) in [5.74, 6) is 0. The zero-order valence-electron chi connectivity index (χ0n) is 14.8. The van der Waals surface area contributed by atoms with Gasteiger partial charge in [-0.15, -0.1) is 0 Å². The van der Waals surface area contributed by atoms with Crippen molar-refractivity contribution in [3.8, 4) is 0 Å². The van der Waals surface area contributed by atoms with Crippen LogP contribution in [-0.2, 0) is 0 Å². The smallest absolute Gasteiger partial charge is 0.232 e. The van der Waals surface area contributed by atoms with Crippen LogP contribution in [0.5, 0.6) is 0 Å². The van der Waals surface area contributed by atoms with E-state index in [9.17, 15) is 0 Å². The number of nitrogens with two attached hydrogens (primary N) is 1. The van der Waals surface area contributed by atoms with Crippen molar-refractivity contribution in [3.05, 3.63) is 0 Å². The van der Waals surface area contributed by atoms with Gasteiger partial charge in [-0.1, -0.05) is 41.5 Å². The van der Waals surface area contributed by atoms with Gasteiger partial charge < -0.3 is 5.73 Å². The van der Waals surface area contributed by atoms with Crippen LogP contribution in [0.25, 0.3) is 0 Å². The van der Waals surface area contributed by atoms with Gasteiger partial charge in [0.1, 0.15) is 13.1 Å². The van der Waals surface area contributed by atoms with E-state index in [-0.39, 0.29) is 0 Å². The van der Waals surface area contributed by atoms with E-state index >= 15 is 0 Å². The summed E-state index contributed by atoms with van der Waals surface area (Å²) in [6.45, 7) is 18.0. The zero-order chi connectivity index (χ0) is 15.6. The third-order valence-corrected chi connectivity index (χ3v) is 3.32. The minimum Gasteiger partial charge on any atom is -0.330 e. The molecular formula is C17H38N3+. The molecule has 1 heterocycles.